The summed E-state index contributed by atoms with van der Waals surface area (Å²) in [6, 6.07) is 7.34. The van der Waals surface area contributed by atoms with E-state index in [-0.39, 0.29) is 40.2 Å². The fourth-order valence-electron chi connectivity index (χ4n) is 5.75. The number of carboxylic acids is 1. The molecule has 2 aromatic heterocycles. The number of carboxylic acid groups (broad SMARTS) is 1. The van der Waals surface area contributed by atoms with Crippen molar-refractivity contribution in [3.63, 3.8) is 0 Å². The molecule has 2 aromatic carbocycles. The van der Waals surface area contributed by atoms with Crippen molar-refractivity contribution in [1.82, 2.24) is 10.1 Å². The number of benzene rings is 2. The average Bonchev–Trinajstić information content (AvgIpc) is 3.23. The Morgan fingerprint density at radius 1 is 1.18 bits per heavy atom. The van der Waals surface area contributed by atoms with E-state index < -0.39 is 23.9 Å². The Hall–Kier alpha value is -3.21. The van der Waals surface area contributed by atoms with Crippen molar-refractivity contribution in [2.75, 3.05) is 11.4 Å². The van der Waals surface area contributed by atoms with Crippen LogP contribution >= 0.6 is 34.5 Å². The molecule has 0 spiro atoms. The van der Waals surface area contributed by atoms with Crippen molar-refractivity contribution in [1.29, 1.82) is 0 Å². The lowest BCUT2D eigenvalue weighted by molar-refractivity contribution is 0.0247. The van der Waals surface area contributed by atoms with Gasteiger partial charge in [0.1, 0.15) is 22.9 Å². The van der Waals surface area contributed by atoms with Crippen LogP contribution in [0.5, 0.6) is 0 Å². The molecule has 0 amide bonds. The van der Waals surface area contributed by atoms with Gasteiger partial charge in [0.05, 0.1) is 26.4 Å². The number of nitrogens with zero attached hydrogens (tertiary/aromatic N) is 3. The molecule has 3 fully saturated rings. The first-order valence-electron chi connectivity index (χ1n) is 12.5. The van der Waals surface area contributed by atoms with E-state index in [1.807, 2.05) is 4.90 Å². The van der Waals surface area contributed by atoms with Gasteiger partial charge in [-0.05, 0) is 55.9 Å². The summed E-state index contributed by atoms with van der Waals surface area (Å²) in [5.74, 6) is -1.55. The number of carbonyl (C=O) groups is 2. The Bertz CT molecular complexity index is 1650. The van der Waals surface area contributed by atoms with Gasteiger partial charge in [-0.3, -0.25) is 0 Å². The molecule has 1 saturated heterocycles. The molecule has 3 aliphatic rings. The van der Waals surface area contributed by atoms with Crippen LogP contribution in [0, 0.1) is 11.7 Å². The number of esters is 1. The Morgan fingerprint density at radius 3 is 2.64 bits per heavy atom. The molecule has 3 heterocycles. The van der Waals surface area contributed by atoms with E-state index in [2.05, 4.69) is 10.1 Å². The van der Waals surface area contributed by atoms with Gasteiger partial charge < -0.3 is 19.3 Å². The van der Waals surface area contributed by atoms with Gasteiger partial charge in [0.15, 0.2) is 16.7 Å². The molecule has 200 valence electrons. The van der Waals surface area contributed by atoms with Crippen molar-refractivity contribution < 1.29 is 28.3 Å². The number of aromatic nitrogens is 2. The van der Waals surface area contributed by atoms with Crippen molar-refractivity contribution in [3.05, 3.63) is 63.1 Å². The molecule has 1 N–H and O–H groups in total. The quantitative estimate of drug-likeness (QED) is 0.245. The molecule has 12 heteroatoms. The molecule has 3 atom stereocenters. The van der Waals surface area contributed by atoms with Gasteiger partial charge in [-0.25, -0.2) is 19.0 Å². The van der Waals surface area contributed by atoms with E-state index in [1.54, 1.807) is 18.2 Å². The molecule has 4 aromatic rings. The lowest BCUT2D eigenvalue weighted by Crippen LogP contribution is -2.43. The third-order valence-corrected chi connectivity index (χ3v) is 9.35. The van der Waals surface area contributed by atoms with E-state index in [0.717, 1.165) is 25.3 Å². The second kappa shape index (κ2) is 9.18. The summed E-state index contributed by atoms with van der Waals surface area (Å²) >= 11 is 14.1. The lowest BCUT2D eigenvalue weighted by atomic mass is 10.0. The molecule has 8 nitrogen and oxygen atoms in total. The topological polar surface area (TPSA) is 106 Å². The summed E-state index contributed by atoms with van der Waals surface area (Å²) in [6.07, 6.45) is 2.87. The smallest absolute Gasteiger partial charge is 0.344 e. The number of halogens is 3. The molecule has 2 aliphatic carbocycles. The molecule has 0 radical (unpaired) electrons. The third-order valence-electron chi connectivity index (χ3n) is 7.68. The summed E-state index contributed by atoms with van der Waals surface area (Å²) < 4.78 is 26.8. The zero-order chi connectivity index (χ0) is 27.0. The number of hydrogen-bond acceptors (Lipinski definition) is 8. The molecular weight excluding hydrogens is 568 g/mol. The molecule has 2 bridgehead atoms. The maximum absolute atomic E-state index is 14.6. The van der Waals surface area contributed by atoms with Gasteiger partial charge in [0.25, 0.3) is 0 Å². The largest absolute Gasteiger partial charge is 0.478 e. The van der Waals surface area contributed by atoms with Crippen molar-refractivity contribution in [2.45, 2.75) is 43.7 Å². The maximum Gasteiger partial charge on any atom is 0.344 e. The first-order chi connectivity index (χ1) is 18.8. The van der Waals surface area contributed by atoms with E-state index in [1.165, 1.54) is 17.4 Å². The number of carbonyl (C=O) groups excluding carboxylic acids is 1. The zero-order valence-electron chi connectivity index (χ0n) is 20.2. The Kier molecular flexibility index (Phi) is 5.84. The number of ether oxygens (including phenoxy) is 1. The van der Waals surface area contributed by atoms with E-state index in [0.29, 0.717) is 44.2 Å². The fraction of sp³-hybridized carbons (Fsp3) is 0.333. The number of hydrogen-bond donors (Lipinski definition) is 1. The minimum absolute atomic E-state index is 0.0972. The van der Waals surface area contributed by atoms with Gasteiger partial charge in [-0.1, -0.05) is 45.8 Å². The lowest BCUT2D eigenvalue weighted by Gasteiger charge is -2.32. The first kappa shape index (κ1) is 24.8. The van der Waals surface area contributed by atoms with Crippen molar-refractivity contribution in [2.24, 2.45) is 5.92 Å². The van der Waals surface area contributed by atoms with Crippen LogP contribution in [0.4, 0.5) is 9.52 Å². The molecular formula is C27H20Cl2FN3O5S. The van der Waals surface area contributed by atoms with Gasteiger partial charge in [0.2, 0.25) is 0 Å². The van der Waals surface area contributed by atoms with Gasteiger partial charge >= 0.3 is 11.9 Å². The average molecular weight is 588 g/mol. The highest BCUT2D eigenvalue weighted by molar-refractivity contribution is 7.22. The number of piperidine rings is 1. The molecule has 39 heavy (non-hydrogen) atoms. The Labute approximate surface area is 235 Å². The van der Waals surface area contributed by atoms with Gasteiger partial charge in [0, 0.05) is 18.0 Å². The van der Waals surface area contributed by atoms with E-state index in [9.17, 15) is 19.1 Å². The zero-order valence-corrected chi connectivity index (χ0v) is 22.5. The first-order valence-corrected chi connectivity index (χ1v) is 14.1. The molecule has 1 aliphatic heterocycles. The number of aromatic carboxylic acids is 1. The minimum atomic E-state index is -1.20. The van der Waals surface area contributed by atoms with E-state index >= 15 is 0 Å². The molecule has 0 unspecified atom stereocenters. The highest BCUT2D eigenvalue weighted by atomic mass is 35.5. The van der Waals surface area contributed by atoms with Crippen LogP contribution in [0.2, 0.25) is 10.0 Å². The summed E-state index contributed by atoms with van der Waals surface area (Å²) in [5, 5.41) is 14.8. The predicted molar refractivity (Wildman–Crippen MR) is 144 cm³/mol. The van der Waals surface area contributed by atoms with E-state index in [4.69, 9.17) is 32.5 Å². The van der Waals surface area contributed by atoms with Crippen LogP contribution in [0.3, 0.4) is 0 Å². The summed E-state index contributed by atoms with van der Waals surface area (Å²) in [4.78, 5) is 31.6. The van der Waals surface area contributed by atoms with Crippen LogP contribution in [0.15, 0.2) is 34.9 Å². The maximum atomic E-state index is 14.6. The summed E-state index contributed by atoms with van der Waals surface area (Å²) in [6.45, 7) is 0.701. The normalized spacial score (nSPS) is 22.1. The molecule has 7 rings (SSSR count). The Balaban J connectivity index is 1.19. The summed E-state index contributed by atoms with van der Waals surface area (Å²) in [5.41, 5.74) is 0.962. The number of thiazole rings is 1. The predicted octanol–water partition coefficient (Wildman–Crippen LogP) is 6.80. The van der Waals surface area contributed by atoms with Gasteiger partial charge in [-0.15, -0.1) is 0 Å². The number of rotatable bonds is 6. The second-order valence-corrected chi connectivity index (χ2v) is 12.1. The highest BCUT2D eigenvalue weighted by Gasteiger charge is 2.49. The minimum Gasteiger partial charge on any atom is -0.478 e. The van der Waals surface area contributed by atoms with Crippen LogP contribution < -0.4 is 4.90 Å². The molecule has 2 saturated carbocycles. The van der Waals surface area contributed by atoms with Crippen LogP contribution in [-0.4, -0.2) is 45.9 Å². The monoisotopic (exact) mass is 587 g/mol. The Morgan fingerprint density at radius 2 is 1.95 bits per heavy atom. The second-order valence-electron chi connectivity index (χ2n) is 10.2. The van der Waals surface area contributed by atoms with Crippen LogP contribution in [-0.2, 0) is 4.74 Å². The summed E-state index contributed by atoms with van der Waals surface area (Å²) in [7, 11) is 0. The van der Waals surface area contributed by atoms with Crippen LogP contribution in [0.1, 0.15) is 58.1 Å². The fourth-order valence-corrected chi connectivity index (χ4v) is 7.41. The SMILES string of the molecule is O=C(O)c1cc(F)c2nc(N3C[C@H]4C[C@@H]3[C@H](OC(=O)c3c(-c5c(Cl)cccc5Cl)noc3C3CC3)C4)sc2c1. The number of anilines is 1. The van der Waals surface area contributed by atoms with Crippen LogP contribution in [0.25, 0.3) is 21.5 Å². The van der Waals surface area contributed by atoms with Crippen molar-refractivity contribution in [3.8, 4) is 11.3 Å². The number of fused-ring (bicyclic) bond motifs is 3. The standard InChI is InChI=1S/C27H20Cl2FN3O5S/c28-14-2-1-3-15(29)20(14)23-21(24(38-32-23)12-4-5-12)26(36)37-18-7-11-6-17(18)33(10-11)27-31-22-16(30)8-13(25(34)35)9-19(22)39-27/h1-3,8-9,11-12,17-18H,4-7,10H2,(H,34,35)/t11-,17+,18+/m0/s1. The highest BCUT2D eigenvalue weighted by Crippen LogP contribution is 2.48. The van der Waals surface area contributed by atoms with Crippen molar-refractivity contribution >= 4 is 61.8 Å². The third kappa shape index (κ3) is 4.16. The van der Waals surface area contributed by atoms with Gasteiger partial charge in [-0.2, -0.15) is 0 Å².